The molecule has 0 unspecified atom stereocenters. The lowest BCUT2D eigenvalue weighted by Gasteiger charge is -2.31. The molecule has 2 N–H and O–H groups in total. The van der Waals surface area contributed by atoms with Gasteiger partial charge in [-0.05, 0) is 26.2 Å². The van der Waals surface area contributed by atoms with Crippen molar-refractivity contribution < 1.29 is 4.79 Å². The summed E-state index contributed by atoms with van der Waals surface area (Å²) in [5.41, 5.74) is -0.310. The highest BCUT2D eigenvalue weighted by Crippen LogP contribution is 2.38. The molecule has 2 heterocycles. The van der Waals surface area contributed by atoms with Gasteiger partial charge in [0.05, 0.1) is 5.41 Å². The van der Waals surface area contributed by atoms with Crippen LogP contribution in [0.15, 0.2) is 4.99 Å². The van der Waals surface area contributed by atoms with Crippen LogP contribution in [0.25, 0.3) is 0 Å². The fraction of sp³-hybridized carbons (Fsp3) is 0.778. The van der Waals surface area contributed by atoms with Gasteiger partial charge >= 0.3 is 0 Å². The van der Waals surface area contributed by atoms with Crippen molar-refractivity contribution in [1.82, 2.24) is 30.3 Å². The minimum atomic E-state index is -0.310. The van der Waals surface area contributed by atoms with E-state index in [2.05, 4.69) is 30.4 Å². The number of carbonyl (C=O) groups excluding carboxylic acids is 1. The molecular formula is C18H32IN7O. The van der Waals surface area contributed by atoms with Gasteiger partial charge in [0.15, 0.2) is 11.8 Å². The summed E-state index contributed by atoms with van der Waals surface area (Å²) in [6.45, 7) is 4.92. The van der Waals surface area contributed by atoms with E-state index in [4.69, 9.17) is 0 Å². The molecule has 1 aliphatic heterocycles. The highest BCUT2D eigenvalue weighted by molar-refractivity contribution is 14.0. The first-order valence-corrected chi connectivity index (χ1v) is 9.70. The van der Waals surface area contributed by atoms with Crippen molar-refractivity contribution >= 4 is 35.8 Å². The van der Waals surface area contributed by atoms with Crippen molar-refractivity contribution in [3.8, 4) is 0 Å². The van der Waals surface area contributed by atoms with Crippen LogP contribution >= 0.6 is 24.0 Å². The van der Waals surface area contributed by atoms with Gasteiger partial charge in [-0.3, -0.25) is 4.79 Å². The molecule has 0 radical (unpaired) electrons. The first-order valence-electron chi connectivity index (χ1n) is 9.70. The van der Waals surface area contributed by atoms with Crippen LogP contribution < -0.4 is 10.6 Å². The number of nitrogens with one attached hydrogen (secondary N) is 2. The zero-order valence-corrected chi connectivity index (χ0v) is 19.0. The maximum Gasteiger partial charge on any atom is 0.230 e. The Morgan fingerprint density at radius 3 is 2.63 bits per heavy atom. The summed E-state index contributed by atoms with van der Waals surface area (Å²) in [4.78, 5) is 19.1. The van der Waals surface area contributed by atoms with E-state index in [0.717, 1.165) is 69.2 Å². The number of fused-ring (bicyclic) bond motifs is 1. The van der Waals surface area contributed by atoms with Crippen molar-refractivity contribution in [2.45, 2.75) is 58.5 Å². The number of aromatic nitrogens is 3. The SMILES string of the molecule is CCNC(=NCc1nnc2n1CCC2)NCC1(C(=O)N(C)C)CCCC1.I. The van der Waals surface area contributed by atoms with Gasteiger partial charge in [0.1, 0.15) is 12.4 Å². The number of hydrogen-bond acceptors (Lipinski definition) is 4. The van der Waals surface area contributed by atoms with Crippen LogP contribution in [0.1, 0.15) is 50.7 Å². The molecule has 2 aliphatic rings. The minimum Gasteiger partial charge on any atom is -0.357 e. The first-order chi connectivity index (χ1) is 12.6. The molecule has 0 saturated heterocycles. The molecule has 1 saturated carbocycles. The predicted molar refractivity (Wildman–Crippen MR) is 116 cm³/mol. The summed E-state index contributed by atoms with van der Waals surface area (Å²) >= 11 is 0. The average molecular weight is 489 g/mol. The van der Waals surface area contributed by atoms with Crippen molar-refractivity contribution in [2.24, 2.45) is 10.4 Å². The second-order valence-electron chi connectivity index (χ2n) is 7.52. The number of hydrogen-bond donors (Lipinski definition) is 2. The Morgan fingerprint density at radius 1 is 1.22 bits per heavy atom. The number of carbonyl (C=O) groups is 1. The van der Waals surface area contributed by atoms with Crippen molar-refractivity contribution in [1.29, 1.82) is 0 Å². The van der Waals surface area contributed by atoms with Crippen LogP contribution in [0.2, 0.25) is 0 Å². The Hall–Kier alpha value is -1.39. The highest BCUT2D eigenvalue weighted by Gasteiger charge is 2.42. The third-order valence-electron chi connectivity index (χ3n) is 5.42. The van der Waals surface area contributed by atoms with Crippen LogP contribution in [0.4, 0.5) is 0 Å². The molecule has 1 fully saturated rings. The van der Waals surface area contributed by atoms with Gasteiger partial charge in [-0.2, -0.15) is 0 Å². The molecule has 0 spiro atoms. The normalized spacial score (nSPS) is 18.0. The first kappa shape index (κ1) is 21.9. The van der Waals surface area contributed by atoms with Gasteiger partial charge in [-0.25, -0.2) is 4.99 Å². The van der Waals surface area contributed by atoms with Gasteiger partial charge in [0.25, 0.3) is 0 Å². The van der Waals surface area contributed by atoms with Crippen molar-refractivity contribution in [3.63, 3.8) is 0 Å². The molecule has 0 aromatic carbocycles. The number of nitrogens with zero attached hydrogens (tertiary/aromatic N) is 5. The second kappa shape index (κ2) is 9.70. The van der Waals surface area contributed by atoms with Gasteiger partial charge in [0, 0.05) is 40.2 Å². The van der Waals surface area contributed by atoms with E-state index in [1.165, 1.54) is 0 Å². The summed E-state index contributed by atoms with van der Waals surface area (Å²) in [5, 5.41) is 15.2. The lowest BCUT2D eigenvalue weighted by atomic mass is 9.84. The quantitative estimate of drug-likeness (QED) is 0.360. The lowest BCUT2D eigenvalue weighted by Crippen LogP contribution is -2.49. The van der Waals surface area contributed by atoms with Crippen molar-refractivity contribution in [3.05, 3.63) is 11.6 Å². The topological polar surface area (TPSA) is 87.4 Å². The van der Waals surface area contributed by atoms with Crippen LogP contribution in [0.5, 0.6) is 0 Å². The number of halogens is 1. The third-order valence-corrected chi connectivity index (χ3v) is 5.42. The minimum absolute atomic E-state index is 0. The van der Waals surface area contributed by atoms with E-state index in [0.29, 0.717) is 13.1 Å². The maximum absolute atomic E-state index is 12.7. The summed E-state index contributed by atoms with van der Waals surface area (Å²) in [6.07, 6.45) is 6.24. The molecule has 1 aromatic heterocycles. The lowest BCUT2D eigenvalue weighted by molar-refractivity contribution is -0.138. The Labute approximate surface area is 178 Å². The van der Waals surface area contributed by atoms with E-state index in [1.54, 1.807) is 4.90 Å². The number of aliphatic imine (C=N–C) groups is 1. The summed E-state index contributed by atoms with van der Waals surface area (Å²) < 4.78 is 2.17. The summed E-state index contributed by atoms with van der Waals surface area (Å²) in [5.74, 6) is 2.93. The summed E-state index contributed by atoms with van der Waals surface area (Å²) in [7, 11) is 3.68. The monoisotopic (exact) mass is 489 g/mol. The van der Waals surface area contributed by atoms with Crippen LogP contribution in [-0.2, 0) is 24.3 Å². The number of guanidine groups is 1. The van der Waals surface area contributed by atoms with E-state index < -0.39 is 0 Å². The zero-order valence-electron chi connectivity index (χ0n) is 16.6. The van der Waals surface area contributed by atoms with E-state index in [1.807, 2.05) is 21.0 Å². The van der Waals surface area contributed by atoms with Gasteiger partial charge in [0.2, 0.25) is 5.91 Å². The molecule has 152 valence electrons. The van der Waals surface area contributed by atoms with Crippen LogP contribution in [0.3, 0.4) is 0 Å². The molecule has 8 nitrogen and oxygen atoms in total. The predicted octanol–water partition coefficient (Wildman–Crippen LogP) is 1.55. The number of amides is 1. The maximum atomic E-state index is 12.7. The van der Waals surface area contributed by atoms with Gasteiger partial charge in [-0.1, -0.05) is 12.8 Å². The van der Waals surface area contributed by atoms with Crippen LogP contribution in [-0.4, -0.2) is 58.7 Å². The Balaban J connectivity index is 0.00000261. The molecule has 0 atom stereocenters. The molecule has 27 heavy (non-hydrogen) atoms. The molecule has 1 aliphatic carbocycles. The third kappa shape index (κ3) is 4.91. The highest BCUT2D eigenvalue weighted by atomic mass is 127. The largest absolute Gasteiger partial charge is 0.357 e. The molecular weight excluding hydrogens is 457 g/mol. The molecule has 1 amide bonds. The van der Waals surface area contributed by atoms with E-state index in [-0.39, 0.29) is 35.3 Å². The molecule has 9 heteroatoms. The fourth-order valence-electron chi connectivity index (χ4n) is 4.06. The molecule has 1 aromatic rings. The summed E-state index contributed by atoms with van der Waals surface area (Å²) in [6, 6.07) is 0. The Kier molecular flexibility index (Phi) is 7.87. The molecule has 3 rings (SSSR count). The Morgan fingerprint density at radius 2 is 1.96 bits per heavy atom. The smallest absolute Gasteiger partial charge is 0.230 e. The number of aryl methyl sites for hydroxylation is 1. The van der Waals surface area contributed by atoms with Crippen LogP contribution in [0, 0.1) is 5.41 Å². The van der Waals surface area contributed by atoms with E-state index in [9.17, 15) is 4.79 Å². The average Bonchev–Trinajstić information content (AvgIpc) is 3.34. The Bertz CT molecular complexity index is 665. The standard InChI is InChI=1S/C18H31N7O.HI/c1-4-19-17(20-12-15-23-22-14-8-7-11-25(14)15)21-13-18(9-5-6-10-18)16(26)24(2)3;/h4-13H2,1-3H3,(H2,19,20,21);1H. The zero-order chi connectivity index (χ0) is 18.6. The van der Waals surface area contributed by atoms with Crippen molar-refractivity contribution in [2.75, 3.05) is 27.2 Å². The van der Waals surface area contributed by atoms with Gasteiger partial charge < -0.3 is 20.1 Å². The van der Waals surface area contributed by atoms with E-state index >= 15 is 0 Å². The molecule has 0 bridgehead atoms. The second-order valence-corrected chi connectivity index (χ2v) is 7.52. The van der Waals surface area contributed by atoms with Gasteiger partial charge in [-0.15, -0.1) is 34.2 Å². The fourth-order valence-corrected chi connectivity index (χ4v) is 4.06. The number of rotatable bonds is 6.